The van der Waals surface area contributed by atoms with Gasteiger partial charge in [-0.25, -0.2) is 9.78 Å². The zero-order valence-electron chi connectivity index (χ0n) is 28.7. The second kappa shape index (κ2) is 14.3. The van der Waals surface area contributed by atoms with Crippen molar-refractivity contribution in [1.29, 1.82) is 0 Å². The van der Waals surface area contributed by atoms with E-state index in [0.717, 1.165) is 73.5 Å². The summed E-state index contributed by atoms with van der Waals surface area (Å²) in [6, 6.07) is 3.98. The zero-order valence-corrected chi connectivity index (χ0v) is 29.6. The number of nitrogens with one attached hydrogen (secondary N) is 2. The molecule has 49 heavy (non-hydrogen) atoms. The number of carbonyl (C=O) groups excluding carboxylic acids is 3. The summed E-state index contributed by atoms with van der Waals surface area (Å²) in [5.41, 5.74) is 0.995. The Morgan fingerprint density at radius 3 is 2.69 bits per heavy atom. The topological polar surface area (TPSA) is 156 Å². The van der Waals surface area contributed by atoms with Crippen LogP contribution in [0.25, 0.3) is 10.8 Å². The fraction of sp³-hybridized carbons (Fsp3) is 0.611. The van der Waals surface area contributed by atoms with Crippen molar-refractivity contribution < 1.29 is 38.1 Å². The van der Waals surface area contributed by atoms with Gasteiger partial charge in [-0.2, -0.15) is 0 Å². The van der Waals surface area contributed by atoms with Crippen LogP contribution in [0.15, 0.2) is 37.1 Å². The van der Waals surface area contributed by atoms with Crippen LogP contribution < -0.4 is 20.1 Å². The Balaban J connectivity index is 1.37. The normalized spacial score (nSPS) is 31.0. The highest BCUT2D eigenvalue weighted by Gasteiger charge is 2.64. The number of nitrogens with zero attached hydrogens (tertiary/aromatic N) is 2. The minimum Gasteiger partial charge on any atom is -0.496 e. The van der Waals surface area contributed by atoms with E-state index in [4.69, 9.17) is 14.2 Å². The van der Waals surface area contributed by atoms with Gasteiger partial charge in [-0.15, -0.1) is 6.58 Å². The van der Waals surface area contributed by atoms with E-state index in [-0.39, 0.29) is 43.7 Å². The Morgan fingerprint density at radius 2 is 2.00 bits per heavy atom. The highest BCUT2D eigenvalue weighted by atomic mass is 31.2. The summed E-state index contributed by atoms with van der Waals surface area (Å²) in [6.45, 7) is 7.32. The molecule has 3 fully saturated rings. The highest BCUT2D eigenvalue weighted by Crippen LogP contribution is 2.67. The molecular formula is C36H49N4O8P. The molecule has 1 aromatic heterocycles. The number of methoxy groups -OCH3 is 1. The summed E-state index contributed by atoms with van der Waals surface area (Å²) in [5.74, 6) is -0.186. The summed E-state index contributed by atoms with van der Waals surface area (Å²) in [6.07, 6.45) is 9.23. The van der Waals surface area contributed by atoms with Crippen molar-refractivity contribution in [3.05, 3.63) is 42.6 Å². The maximum Gasteiger partial charge on any atom is 0.407 e. The molecule has 2 aliphatic heterocycles. The van der Waals surface area contributed by atoms with Crippen molar-refractivity contribution in [2.75, 3.05) is 26.9 Å². The molecule has 3 amide bonds. The molecule has 12 nitrogen and oxygen atoms in total. The molecule has 3 unspecified atom stereocenters. The molecule has 7 atom stereocenters. The van der Waals surface area contributed by atoms with Crippen LogP contribution >= 0.6 is 7.37 Å². The third-order valence-corrected chi connectivity index (χ3v) is 13.0. The van der Waals surface area contributed by atoms with Crippen LogP contribution in [-0.2, 0) is 25.3 Å². The van der Waals surface area contributed by atoms with Gasteiger partial charge >= 0.3 is 6.09 Å². The van der Waals surface area contributed by atoms with Gasteiger partial charge in [-0.05, 0) is 79.5 Å². The van der Waals surface area contributed by atoms with E-state index < -0.39 is 48.7 Å². The number of cyclic esters (lactones) is 1. The Bertz CT molecular complexity index is 1640. The van der Waals surface area contributed by atoms with Crippen molar-refractivity contribution in [2.24, 2.45) is 17.8 Å². The van der Waals surface area contributed by atoms with Gasteiger partial charge in [-0.3, -0.25) is 14.2 Å². The molecule has 0 radical (unpaired) electrons. The van der Waals surface area contributed by atoms with Crippen molar-refractivity contribution in [3.8, 4) is 11.6 Å². The lowest BCUT2D eigenvalue weighted by molar-refractivity contribution is -0.141. The molecule has 2 aliphatic carbocycles. The predicted molar refractivity (Wildman–Crippen MR) is 185 cm³/mol. The first kappa shape index (κ1) is 35.2. The minimum absolute atomic E-state index is 0.0653. The summed E-state index contributed by atoms with van der Waals surface area (Å²) < 4.78 is 30.9. The number of benzene rings is 1. The monoisotopic (exact) mass is 696 g/mol. The Morgan fingerprint density at radius 1 is 1.22 bits per heavy atom. The molecule has 13 heteroatoms. The summed E-state index contributed by atoms with van der Waals surface area (Å²) in [7, 11) is -2.14. The van der Waals surface area contributed by atoms with Gasteiger partial charge in [0.25, 0.3) is 0 Å². The molecule has 1 aromatic carbocycles. The van der Waals surface area contributed by atoms with Crippen LogP contribution in [0.4, 0.5) is 4.79 Å². The molecule has 3 heterocycles. The van der Waals surface area contributed by atoms with E-state index in [0.29, 0.717) is 5.88 Å². The van der Waals surface area contributed by atoms with E-state index in [9.17, 15) is 23.8 Å². The van der Waals surface area contributed by atoms with Crippen LogP contribution in [0.3, 0.4) is 0 Å². The van der Waals surface area contributed by atoms with Crippen molar-refractivity contribution in [2.45, 2.75) is 94.6 Å². The lowest BCUT2D eigenvalue weighted by Gasteiger charge is -2.35. The van der Waals surface area contributed by atoms with Crippen LogP contribution in [0.1, 0.15) is 70.3 Å². The van der Waals surface area contributed by atoms with Gasteiger partial charge in [0, 0.05) is 30.6 Å². The van der Waals surface area contributed by atoms with Crippen LogP contribution in [0.5, 0.6) is 11.6 Å². The maximum absolute atomic E-state index is 14.6. The van der Waals surface area contributed by atoms with Crippen molar-refractivity contribution >= 4 is 36.0 Å². The highest BCUT2D eigenvalue weighted by molar-refractivity contribution is 7.59. The van der Waals surface area contributed by atoms with E-state index in [2.05, 4.69) is 22.2 Å². The Kier molecular flexibility index (Phi) is 10.3. The van der Waals surface area contributed by atoms with Gasteiger partial charge < -0.3 is 34.6 Å². The number of rotatable bonds is 6. The number of aryl methyl sites for hydroxylation is 1. The lowest BCUT2D eigenvalue weighted by Crippen LogP contribution is -2.57. The number of aromatic nitrogens is 1. The van der Waals surface area contributed by atoms with Crippen LogP contribution in [-0.4, -0.2) is 83.1 Å². The standard InChI is InChI=1S/C36H49N4O8P/c1-5-26-19-36(26,49(4,44)45)39-32(41)29-18-27-20-40(29)34(42)31(23-11-7-6-8-12-23)38-35(43)47-21-22(2)10-9-13-25-16-28-24(17-30(25)46-3)14-15-37-33(28)48-27/h5,14-17,22-23,26-27,29,31H,1,6-13,18-21H2,2-4H3,(H,38,43)(H,39,41)(H,44,45)/t22-,26?,27+,29-,31-,36?/m0/s1. The second-order valence-corrected chi connectivity index (χ2v) is 17.0. The number of fused-ring (bicyclic) bond motifs is 3. The third kappa shape index (κ3) is 7.31. The average molecular weight is 697 g/mol. The molecular weight excluding hydrogens is 647 g/mol. The predicted octanol–water partition coefficient (Wildman–Crippen LogP) is 5.16. The molecule has 0 spiro atoms. The number of hydrogen-bond acceptors (Lipinski definition) is 8. The largest absolute Gasteiger partial charge is 0.496 e. The number of alkyl carbamates (subject to hydrolysis) is 1. The van der Waals surface area contributed by atoms with E-state index in [1.54, 1.807) is 19.4 Å². The third-order valence-electron chi connectivity index (χ3n) is 10.9. The van der Waals surface area contributed by atoms with Gasteiger partial charge in [0.2, 0.25) is 25.1 Å². The molecule has 2 aromatic rings. The molecule has 2 saturated carbocycles. The zero-order chi connectivity index (χ0) is 34.9. The smallest absolute Gasteiger partial charge is 0.407 e. The first-order valence-electron chi connectivity index (χ1n) is 17.5. The quantitative estimate of drug-likeness (QED) is 0.274. The molecule has 4 bridgehead atoms. The Labute approximate surface area is 287 Å². The second-order valence-electron chi connectivity index (χ2n) is 14.4. The van der Waals surface area contributed by atoms with Crippen molar-refractivity contribution in [3.63, 3.8) is 0 Å². The molecule has 3 N–H and O–H groups in total. The van der Waals surface area contributed by atoms with Crippen molar-refractivity contribution in [1.82, 2.24) is 20.5 Å². The first-order chi connectivity index (χ1) is 23.4. The fourth-order valence-electron chi connectivity index (χ4n) is 7.94. The Hall–Kier alpha value is -3.63. The number of amides is 3. The van der Waals surface area contributed by atoms with Gasteiger partial charge in [0.05, 0.1) is 20.3 Å². The summed E-state index contributed by atoms with van der Waals surface area (Å²) >= 11 is 0. The number of pyridine rings is 1. The number of hydrogen-bond donors (Lipinski definition) is 3. The van der Waals surface area contributed by atoms with Crippen LogP contribution in [0.2, 0.25) is 0 Å². The molecule has 1 saturated heterocycles. The first-order valence-corrected chi connectivity index (χ1v) is 19.7. The summed E-state index contributed by atoms with van der Waals surface area (Å²) in [5, 5.41) is 6.10. The maximum atomic E-state index is 14.6. The van der Waals surface area contributed by atoms with E-state index in [1.807, 2.05) is 25.1 Å². The van der Waals surface area contributed by atoms with E-state index in [1.165, 1.54) is 11.6 Å². The number of ether oxygens (including phenoxy) is 3. The van der Waals surface area contributed by atoms with Crippen LogP contribution in [0, 0.1) is 17.8 Å². The molecule has 266 valence electrons. The van der Waals surface area contributed by atoms with E-state index >= 15 is 0 Å². The molecule has 4 aliphatic rings. The lowest BCUT2D eigenvalue weighted by atomic mass is 9.83. The minimum atomic E-state index is -3.78. The fourth-order valence-corrected chi connectivity index (χ4v) is 9.52. The van der Waals surface area contributed by atoms with Gasteiger partial charge in [0.15, 0.2) is 0 Å². The van der Waals surface area contributed by atoms with Gasteiger partial charge in [-0.1, -0.05) is 32.3 Å². The number of carbonyl (C=O) groups is 3. The molecule has 6 rings (SSSR count). The SMILES string of the molecule is C=CC1CC1(NC(=O)[C@@H]1C[C@@H]2CN1C(=O)[C@H](C1CCCCC1)NC(=O)OC[C@@H](C)CCCc1cc3c(nccc3cc1OC)O2)P(C)(=O)O. The van der Waals surface area contributed by atoms with Gasteiger partial charge in [0.1, 0.15) is 29.2 Å². The summed E-state index contributed by atoms with van der Waals surface area (Å²) in [4.78, 5) is 58.7. The average Bonchev–Trinajstić information content (AvgIpc) is 3.66.